The number of rotatable bonds is 9. The quantitative estimate of drug-likeness (QED) is 0.570. The van der Waals surface area contributed by atoms with Crippen molar-refractivity contribution in [3.63, 3.8) is 0 Å². The van der Waals surface area contributed by atoms with Crippen LogP contribution in [0.25, 0.3) is 0 Å². The smallest absolute Gasteiger partial charge is 0.244 e. The van der Waals surface area contributed by atoms with E-state index >= 15 is 0 Å². The summed E-state index contributed by atoms with van der Waals surface area (Å²) in [6.45, 7) is 5.72. The molecule has 0 radical (unpaired) electrons. The van der Waals surface area contributed by atoms with Crippen LogP contribution >= 0.6 is 0 Å². The Balaban J connectivity index is 1.93. The molecule has 0 fully saturated rings. The highest BCUT2D eigenvalue weighted by atomic mass is 32.2. The fraction of sp³-hybridized carbons (Fsp3) is 0.480. The van der Waals surface area contributed by atoms with Gasteiger partial charge in [0.25, 0.3) is 0 Å². The zero-order chi connectivity index (χ0) is 25.1. The number of carbonyl (C=O) groups excluding carboxylic acids is 1. The van der Waals surface area contributed by atoms with Crippen LogP contribution in [0.3, 0.4) is 0 Å². The summed E-state index contributed by atoms with van der Waals surface area (Å²) >= 11 is 0. The zero-order valence-electron chi connectivity index (χ0n) is 20.6. The predicted octanol–water partition coefficient (Wildman–Crippen LogP) is 4.06. The summed E-state index contributed by atoms with van der Waals surface area (Å²) in [6, 6.07) is 11.1. The van der Waals surface area contributed by atoms with Gasteiger partial charge in [0.1, 0.15) is 17.4 Å². The first-order valence-corrected chi connectivity index (χ1v) is 13.2. The van der Waals surface area contributed by atoms with E-state index in [0.29, 0.717) is 23.6 Å². The number of hydrogen-bond donors (Lipinski definition) is 1. The Labute approximate surface area is 202 Å². The Bertz CT molecular complexity index is 1130. The summed E-state index contributed by atoms with van der Waals surface area (Å²) in [5.41, 5.74) is 0.805. The van der Waals surface area contributed by atoms with Crippen LogP contribution in [-0.2, 0) is 14.8 Å². The van der Waals surface area contributed by atoms with Gasteiger partial charge in [-0.05, 0) is 38.0 Å². The summed E-state index contributed by atoms with van der Waals surface area (Å²) < 4.78 is 43.6. The van der Waals surface area contributed by atoms with Gasteiger partial charge in [-0.2, -0.15) is 0 Å². The molecule has 0 aliphatic carbocycles. The van der Waals surface area contributed by atoms with E-state index in [-0.39, 0.29) is 6.04 Å². The molecule has 1 amide bonds. The number of methoxy groups -OCH3 is 2. The molecule has 2 aromatic rings. The number of nitrogens with one attached hydrogen (secondary N) is 1. The number of benzene rings is 2. The van der Waals surface area contributed by atoms with E-state index in [1.807, 2.05) is 24.3 Å². The van der Waals surface area contributed by atoms with Gasteiger partial charge in [0, 0.05) is 18.1 Å². The van der Waals surface area contributed by atoms with E-state index in [9.17, 15) is 13.2 Å². The van der Waals surface area contributed by atoms with E-state index in [1.165, 1.54) is 14.2 Å². The van der Waals surface area contributed by atoms with Gasteiger partial charge in [-0.15, -0.1) is 0 Å². The second-order valence-electron chi connectivity index (χ2n) is 8.57. The fourth-order valence-corrected chi connectivity index (χ4v) is 5.66. The molecule has 2 atom stereocenters. The topological polar surface area (TPSA) is 94.2 Å². The second-order valence-corrected chi connectivity index (χ2v) is 10.4. The lowest BCUT2D eigenvalue weighted by Crippen LogP contribution is -2.51. The van der Waals surface area contributed by atoms with Crippen LogP contribution in [0, 0.1) is 0 Å². The maximum atomic E-state index is 13.4. The third kappa shape index (κ3) is 5.09. The Kier molecular flexibility index (Phi) is 7.65. The van der Waals surface area contributed by atoms with Crippen LogP contribution in [0.5, 0.6) is 17.2 Å². The van der Waals surface area contributed by atoms with Crippen LogP contribution in [0.2, 0.25) is 0 Å². The van der Waals surface area contributed by atoms with Crippen molar-refractivity contribution in [1.29, 1.82) is 0 Å². The van der Waals surface area contributed by atoms with E-state index in [0.717, 1.165) is 34.7 Å². The van der Waals surface area contributed by atoms with Gasteiger partial charge in [0.2, 0.25) is 15.9 Å². The van der Waals surface area contributed by atoms with Crippen molar-refractivity contribution >= 4 is 21.6 Å². The highest BCUT2D eigenvalue weighted by Gasteiger charge is 2.40. The third-order valence-corrected chi connectivity index (χ3v) is 7.75. The van der Waals surface area contributed by atoms with Gasteiger partial charge in [-0.1, -0.05) is 32.0 Å². The number of carbonyl (C=O) groups is 1. The molecule has 186 valence electrons. The number of ether oxygens (including phenoxy) is 3. The summed E-state index contributed by atoms with van der Waals surface area (Å²) in [5, 5.41) is 3.09. The molecule has 3 rings (SSSR count). The first-order valence-electron chi connectivity index (χ1n) is 11.4. The second kappa shape index (κ2) is 10.1. The van der Waals surface area contributed by atoms with Crippen LogP contribution < -0.4 is 23.8 Å². The normalized spacial score (nSPS) is 17.6. The molecule has 0 saturated carbocycles. The first kappa shape index (κ1) is 25.7. The van der Waals surface area contributed by atoms with E-state index in [4.69, 9.17) is 14.2 Å². The standard InChI is InChI=1S/C25H34N2O6S/c1-7-25(8-2)16-20(19-11-9-10-12-21(19)33-25)26-24(28)17(3)27(34(6,29)30)18-13-14-22(31-4)23(15-18)32-5/h9-15,17,20H,7-8,16H2,1-6H3,(H,26,28)/t17-,20-/m1/s1. The van der Waals surface area contributed by atoms with Crippen LogP contribution in [0.15, 0.2) is 42.5 Å². The van der Waals surface area contributed by atoms with Crippen LogP contribution in [0.1, 0.15) is 51.6 Å². The monoisotopic (exact) mass is 490 g/mol. The number of anilines is 1. The molecule has 0 bridgehead atoms. The molecule has 8 nitrogen and oxygen atoms in total. The highest BCUT2D eigenvalue weighted by Crippen LogP contribution is 2.43. The van der Waals surface area contributed by atoms with Crippen molar-refractivity contribution in [2.45, 2.75) is 57.7 Å². The molecule has 1 heterocycles. The minimum atomic E-state index is -3.79. The zero-order valence-corrected chi connectivity index (χ0v) is 21.4. The molecule has 1 aliphatic heterocycles. The van der Waals surface area contributed by atoms with E-state index < -0.39 is 27.6 Å². The van der Waals surface area contributed by atoms with Gasteiger partial charge >= 0.3 is 0 Å². The van der Waals surface area contributed by atoms with E-state index in [1.54, 1.807) is 25.1 Å². The average molecular weight is 491 g/mol. The summed E-state index contributed by atoms with van der Waals surface area (Å²) in [5.74, 6) is 1.18. The largest absolute Gasteiger partial charge is 0.493 e. The van der Waals surface area contributed by atoms with Gasteiger partial charge in [0.15, 0.2) is 11.5 Å². The fourth-order valence-electron chi connectivity index (χ4n) is 4.49. The maximum absolute atomic E-state index is 13.4. The van der Waals surface area contributed by atoms with E-state index in [2.05, 4.69) is 19.2 Å². The number of nitrogens with zero attached hydrogens (tertiary/aromatic N) is 1. The van der Waals surface area contributed by atoms with Crippen molar-refractivity contribution in [3.8, 4) is 17.2 Å². The third-order valence-electron chi connectivity index (χ3n) is 6.51. The number of hydrogen-bond acceptors (Lipinski definition) is 6. The van der Waals surface area contributed by atoms with Gasteiger partial charge in [-0.3, -0.25) is 9.10 Å². The Morgan fingerprint density at radius 2 is 1.79 bits per heavy atom. The number of fused-ring (bicyclic) bond motifs is 1. The summed E-state index contributed by atoms with van der Waals surface area (Å²) in [7, 11) is -0.817. The maximum Gasteiger partial charge on any atom is 0.244 e. The molecular formula is C25H34N2O6S. The summed E-state index contributed by atoms with van der Waals surface area (Å²) in [6.07, 6.45) is 3.27. The minimum absolute atomic E-state index is 0.299. The Hall–Kier alpha value is -2.94. The minimum Gasteiger partial charge on any atom is -0.493 e. The molecular weight excluding hydrogens is 456 g/mol. The lowest BCUT2D eigenvalue weighted by atomic mass is 9.83. The Morgan fingerprint density at radius 1 is 1.15 bits per heavy atom. The van der Waals surface area contributed by atoms with Gasteiger partial charge in [-0.25, -0.2) is 8.42 Å². The van der Waals surface area contributed by atoms with Gasteiger partial charge in [0.05, 0.1) is 32.2 Å². The molecule has 1 N–H and O–H groups in total. The molecule has 1 aliphatic rings. The van der Waals surface area contributed by atoms with Crippen molar-refractivity contribution in [3.05, 3.63) is 48.0 Å². The molecule has 2 aromatic carbocycles. The average Bonchev–Trinajstić information content (AvgIpc) is 2.82. The van der Waals surface area contributed by atoms with Crippen LogP contribution in [-0.4, -0.2) is 46.4 Å². The predicted molar refractivity (Wildman–Crippen MR) is 132 cm³/mol. The van der Waals surface area contributed by atoms with Crippen molar-refractivity contribution in [2.75, 3.05) is 24.8 Å². The lowest BCUT2D eigenvalue weighted by molar-refractivity contribution is -0.123. The first-order chi connectivity index (χ1) is 16.1. The van der Waals surface area contributed by atoms with Gasteiger partial charge < -0.3 is 19.5 Å². The van der Waals surface area contributed by atoms with Crippen molar-refractivity contribution < 1.29 is 27.4 Å². The SMILES string of the molecule is CCC1(CC)C[C@@H](NC(=O)[C@@H](C)N(c2ccc(OC)c(OC)c2)S(C)(=O)=O)c2ccccc2O1. The highest BCUT2D eigenvalue weighted by molar-refractivity contribution is 7.92. The van der Waals surface area contributed by atoms with Crippen molar-refractivity contribution in [1.82, 2.24) is 5.32 Å². The van der Waals surface area contributed by atoms with Crippen LogP contribution in [0.4, 0.5) is 5.69 Å². The summed E-state index contributed by atoms with van der Waals surface area (Å²) in [4.78, 5) is 13.4. The molecule has 9 heteroatoms. The molecule has 0 unspecified atom stereocenters. The number of amides is 1. The lowest BCUT2D eigenvalue weighted by Gasteiger charge is -2.42. The molecule has 0 spiro atoms. The molecule has 0 saturated heterocycles. The number of para-hydroxylation sites is 1. The molecule has 0 aromatic heterocycles. The molecule has 34 heavy (non-hydrogen) atoms. The Morgan fingerprint density at radius 3 is 2.38 bits per heavy atom. The van der Waals surface area contributed by atoms with Crippen molar-refractivity contribution in [2.24, 2.45) is 0 Å². The number of sulfonamides is 1.